The first-order chi connectivity index (χ1) is 12.8. The third-order valence-electron chi connectivity index (χ3n) is 5.62. The molecule has 3 aromatic carbocycles. The van der Waals surface area contributed by atoms with Crippen molar-refractivity contribution in [2.45, 2.75) is 60.3 Å². The lowest BCUT2D eigenvalue weighted by atomic mass is 9.83. The van der Waals surface area contributed by atoms with Crippen molar-refractivity contribution in [3.8, 4) is 22.3 Å². The van der Waals surface area contributed by atoms with Crippen molar-refractivity contribution in [3.05, 3.63) is 82.4 Å². The lowest BCUT2D eigenvalue weighted by molar-refractivity contribution is 0.867. The van der Waals surface area contributed by atoms with Crippen LogP contribution in [0.25, 0.3) is 22.3 Å². The van der Waals surface area contributed by atoms with Crippen LogP contribution in [0.1, 0.15) is 67.3 Å². The molecule has 140 valence electrons. The van der Waals surface area contributed by atoms with E-state index >= 15 is 0 Å². The minimum atomic E-state index is 0.506. The Morgan fingerprint density at radius 2 is 1.19 bits per heavy atom. The molecule has 0 unspecified atom stereocenters. The Bertz CT molecular complexity index is 958. The van der Waals surface area contributed by atoms with Crippen molar-refractivity contribution < 1.29 is 0 Å². The van der Waals surface area contributed by atoms with E-state index in [1.807, 2.05) is 0 Å². The Labute approximate surface area is 165 Å². The fraction of sp³-hybridized carbons (Fsp3) is 0.333. The van der Waals surface area contributed by atoms with Gasteiger partial charge < -0.3 is 0 Å². The predicted molar refractivity (Wildman–Crippen MR) is 120 cm³/mol. The van der Waals surface area contributed by atoms with Gasteiger partial charge in [0.25, 0.3) is 0 Å². The topological polar surface area (TPSA) is 0 Å². The van der Waals surface area contributed by atoms with Crippen LogP contribution in [0.3, 0.4) is 0 Å². The second kappa shape index (κ2) is 7.72. The van der Waals surface area contributed by atoms with E-state index in [0.29, 0.717) is 11.8 Å². The predicted octanol–water partition coefficient (Wildman–Crippen LogP) is 8.19. The van der Waals surface area contributed by atoms with Crippen LogP contribution in [-0.4, -0.2) is 0 Å². The summed E-state index contributed by atoms with van der Waals surface area (Å²) < 4.78 is 0. The van der Waals surface area contributed by atoms with Gasteiger partial charge in [0.05, 0.1) is 0 Å². The zero-order valence-corrected chi connectivity index (χ0v) is 17.9. The van der Waals surface area contributed by atoms with Gasteiger partial charge in [0, 0.05) is 0 Å². The normalized spacial score (nSPS) is 11.4. The molecule has 0 saturated heterocycles. The minimum Gasteiger partial charge on any atom is -0.0619 e. The van der Waals surface area contributed by atoms with Crippen molar-refractivity contribution >= 4 is 0 Å². The quantitative estimate of drug-likeness (QED) is 0.442. The maximum atomic E-state index is 2.37. The molecule has 0 aliphatic heterocycles. The summed E-state index contributed by atoms with van der Waals surface area (Å²) >= 11 is 0. The molecule has 0 radical (unpaired) electrons. The molecule has 0 spiro atoms. The first-order valence-electron chi connectivity index (χ1n) is 10.1. The highest BCUT2D eigenvalue weighted by atomic mass is 14.2. The third-order valence-corrected chi connectivity index (χ3v) is 5.62. The molecule has 3 aromatic rings. The monoisotopic (exact) mass is 356 g/mol. The van der Waals surface area contributed by atoms with Crippen molar-refractivity contribution in [1.29, 1.82) is 0 Å². The van der Waals surface area contributed by atoms with E-state index in [1.54, 1.807) is 0 Å². The molecule has 0 heterocycles. The van der Waals surface area contributed by atoms with Crippen LogP contribution in [0.2, 0.25) is 0 Å². The number of hydrogen-bond donors (Lipinski definition) is 0. The van der Waals surface area contributed by atoms with Gasteiger partial charge in [-0.15, -0.1) is 0 Å². The van der Waals surface area contributed by atoms with Crippen LogP contribution >= 0.6 is 0 Å². The SMILES string of the molecule is Cc1cc(-c2ccccc2C(C)C)c(C)c(-c2c(C)cccc2C(C)C)c1. The average molecular weight is 357 g/mol. The van der Waals surface area contributed by atoms with Gasteiger partial charge in [-0.1, -0.05) is 82.3 Å². The zero-order chi connectivity index (χ0) is 19.7. The molecule has 0 saturated carbocycles. The van der Waals surface area contributed by atoms with Crippen LogP contribution in [0.4, 0.5) is 0 Å². The summed E-state index contributed by atoms with van der Waals surface area (Å²) in [4.78, 5) is 0. The van der Waals surface area contributed by atoms with E-state index in [1.165, 1.54) is 50.1 Å². The molecule has 0 aromatic heterocycles. The molecule has 0 aliphatic carbocycles. The highest BCUT2D eigenvalue weighted by molar-refractivity contribution is 5.83. The van der Waals surface area contributed by atoms with Crippen LogP contribution in [0.15, 0.2) is 54.6 Å². The summed E-state index contributed by atoms with van der Waals surface area (Å²) in [5.74, 6) is 1.01. The zero-order valence-electron chi connectivity index (χ0n) is 17.9. The second-order valence-corrected chi connectivity index (χ2v) is 8.42. The molecular weight excluding hydrogens is 324 g/mol. The second-order valence-electron chi connectivity index (χ2n) is 8.42. The van der Waals surface area contributed by atoms with E-state index in [-0.39, 0.29) is 0 Å². The Kier molecular flexibility index (Phi) is 5.56. The molecule has 0 bridgehead atoms. The molecule has 0 heteroatoms. The van der Waals surface area contributed by atoms with E-state index in [9.17, 15) is 0 Å². The van der Waals surface area contributed by atoms with Gasteiger partial charge in [-0.25, -0.2) is 0 Å². The summed E-state index contributed by atoms with van der Waals surface area (Å²) in [6.45, 7) is 15.9. The average Bonchev–Trinajstić information content (AvgIpc) is 2.63. The standard InChI is InChI=1S/C27H32/c1-17(2)22-12-8-9-13-24(22)25-15-19(5)16-26(21(25)7)27-20(6)11-10-14-23(27)18(3)4/h8-18H,1-7H3. The van der Waals surface area contributed by atoms with Crippen molar-refractivity contribution in [2.24, 2.45) is 0 Å². The molecule has 0 nitrogen and oxygen atoms in total. The molecule has 0 fully saturated rings. The first-order valence-corrected chi connectivity index (χ1v) is 10.1. The van der Waals surface area contributed by atoms with E-state index in [0.717, 1.165) is 0 Å². The molecule has 3 rings (SSSR count). The van der Waals surface area contributed by atoms with E-state index < -0.39 is 0 Å². The number of aryl methyl sites for hydroxylation is 2. The molecule has 0 aliphatic rings. The van der Waals surface area contributed by atoms with Crippen LogP contribution in [-0.2, 0) is 0 Å². The van der Waals surface area contributed by atoms with Gasteiger partial charge in [0.1, 0.15) is 0 Å². The number of benzene rings is 3. The fourth-order valence-electron chi connectivity index (χ4n) is 4.18. The largest absolute Gasteiger partial charge is 0.0619 e. The van der Waals surface area contributed by atoms with E-state index in [4.69, 9.17) is 0 Å². The summed E-state index contributed by atoms with van der Waals surface area (Å²) in [5, 5.41) is 0. The Balaban J connectivity index is 2.33. The number of rotatable bonds is 4. The van der Waals surface area contributed by atoms with Gasteiger partial charge in [0.2, 0.25) is 0 Å². The van der Waals surface area contributed by atoms with Crippen LogP contribution < -0.4 is 0 Å². The Hall–Kier alpha value is -2.34. The van der Waals surface area contributed by atoms with Crippen LogP contribution in [0, 0.1) is 20.8 Å². The molecule has 0 atom stereocenters. The summed E-state index contributed by atoms with van der Waals surface area (Å²) in [6, 6.07) is 20.3. The minimum absolute atomic E-state index is 0.506. The van der Waals surface area contributed by atoms with Crippen molar-refractivity contribution in [1.82, 2.24) is 0 Å². The first kappa shape index (κ1) is 19.4. The summed E-state index contributed by atoms with van der Waals surface area (Å²) in [7, 11) is 0. The fourth-order valence-corrected chi connectivity index (χ4v) is 4.18. The third kappa shape index (κ3) is 3.72. The Morgan fingerprint density at radius 1 is 0.593 bits per heavy atom. The van der Waals surface area contributed by atoms with Gasteiger partial charge in [-0.05, 0) is 82.7 Å². The highest BCUT2D eigenvalue weighted by Crippen LogP contribution is 2.40. The molecular formula is C27H32. The molecule has 0 N–H and O–H groups in total. The smallest absolute Gasteiger partial charge is 0.0117 e. The molecule has 27 heavy (non-hydrogen) atoms. The van der Waals surface area contributed by atoms with Gasteiger partial charge >= 0.3 is 0 Å². The van der Waals surface area contributed by atoms with Gasteiger partial charge in [0.15, 0.2) is 0 Å². The maximum Gasteiger partial charge on any atom is -0.0117 e. The summed E-state index contributed by atoms with van der Waals surface area (Å²) in [6.07, 6.45) is 0. The van der Waals surface area contributed by atoms with Gasteiger partial charge in [-0.2, -0.15) is 0 Å². The number of hydrogen-bond acceptors (Lipinski definition) is 0. The van der Waals surface area contributed by atoms with E-state index in [2.05, 4.69) is 103 Å². The van der Waals surface area contributed by atoms with Crippen LogP contribution in [0.5, 0.6) is 0 Å². The van der Waals surface area contributed by atoms with Crippen molar-refractivity contribution in [3.63, 3.8) is 0 Å². The van der Waals surface area contributed by atoms with Crippen molar-refractivity contribution in [2.75, 3.05) is 0 Å². The maximum absolute atomic E-state index is 2.37. The Morgan fingerprint density at radius 3 is 1.85 bits per heavy atom. The molecule has 0 amide bonds. The lowest BCUT2D eigenvalue weighted by Gasteiger charge is -2.22. The lowest BCUT2D eigenvalue weighted by Crippen LogP contribution is -2.00. The highest BCUT2D eigenvalue weighted by Gasteiger charge is 2.17. The van der Waals surface area contributed by atoms with Gasteiger partial charge in [-0.3, -0.25) is 0 Å². The summed E-state index contributed by atoms with van der Waals surface area (Å²) in [5.41, 5.74) is 12.5.